The Morgan fingerprint density at radius 2 is 1.30 bits per heavy atom. The molecule has 7 heteroatoms. The molecule has 1 N–H and O–H groups in total. The summed E-state index contributed by atoms with van der Waals surface area (Å²) in [5.41, 5.74) is -0.956. The predicted octanol–water partition coefficient (Wildman–Crippen LogP) is 3.28. The van der Waals surface area contributed by atoms with Gasteiger partial charge in [-0.15, -0.1) is 0 Å². The molecule has 0 bridgehead atoms. The molecule has 1 aromatic carbocycles. The summed E-state index contributed by atoms with van der Waals surface area (Å²) >= 11 is 0. The first-order chi connectivity index (χ1) is 9.52. The van der Waals surface area contributed by atoms with Gasteiger partial charge in [-0.25, -0.2) is 22.0 Å². The van der Waals surface area contributed by atoms with Crippen LogP contribution in [-0.2, 0) is 0 Å². The SMILES string of the molecule is Fc1c(F)c(F)c(NCCCN2CCCC2)c(F)c1F. The summed E-state index contributed by atoms with van der Waals surface area (Å²) in [5, 5.41) is 2.29. The topological polar surface area (TPSA) is 15.3 Å². The van der Waals surface area contributed by atoms with Crippen LogP contribution in [0.1, 0.15) is 19.3 Å². The van der Waals surface area contributed by atoms with Crippen molar-refractivity contribution in [2.24, 2.45) is 0 Å². The van der Waals surface area contributed by atoms with Crippen LogP contribution >= 0.6 is 0 Å². The number of nitrogens with zero attached hydrogens (tertiary/aromatic N) is 1. The van der Waals surface area contributed by atoms with Gasteiger partial charge in [0.05, 0.1) is 0 Å². The van der Waals surface area contributed by atoms with Gasteiger partial charge in [-0.2, -0.15) is 0 Å². The van der Waals surface area contributed by atoms with Gasteiger partial charge in [0.1, 0.15) is 5.69 Å². The van der Waals surface area contributed by atoms with E-state index in [0.29, 0.717) is 6.42 Å². The molecule has 0 aliphatic carbocycles. The van der Waals surface area contributed by atoms with E-state index in [2.05, 4.69) is 10.2 Å². The Balaban J connectivity index is 1.95. The van der Waals surface area contributed by atoms with Crippen molar-refractivity contribution in [1.82, 2.24) is 4.90 Å². The number of halogens is 5. The van der Waals surface area contributed by atoms with Crippen molar-refractivity contribution in [3.63, 3.8) is 0 Å². The van der Waals surface area contributed by atoms with Crippen molar-refractivity contribution < 1.29 is 22.0 Å². The molecule has 0 atom stereocenters. The summed E-state index contributed by atoms with van der Waals surface area (Å²) < 4.78 is 65.4. The van der Waals surface area contributed by atoms with Gasteiger partial charge in [-0.05, 0) is 38.9 Å². The molecule has 112 valence electrons. The molecular formula is C13H15F5N2. The fourth-order valence-electron chi connectivity index (χ4n) is 2.28. The molecule has 0 radical (unpaired) electrons. The molecule has 1 aromatic rings. The Morgan fingerprint density at radius 1 is 0.800 bits per heavy atom. The third-order valence-electron chi connectivity index (χ3n) is 3.36. The van der Waals surface area contributed by atoms with Gasteiger partial charge in [0.25, 0.3) is 0 Å². The molecule has 0 spiro atoms. The number of benzene rings is 1. The maximum absolute atomic E-state index is 13.3. The average molecular weight is 294 g/mol. The second-order valence-electron chi connectivity index (χ2n) is 4.77. The zero-order chi connectivity index (χ0) is 14.7. The van der Waals surface area contributed by atoms with Crippen molar-refractivity contribution >= 4 is 5.69 Å². The molecule has 0 unspecified atom stereocenters. The lowest BCUT2D eigenvalue weighted by Gasteiger charge is -2.15. The maximum atomic E-state index is 13.3. The molecule has 1 heterocycles. The fraction of sp³-hybridized carbons (Fsp3) is 0.538. The van der Waals surface area contributed by atoms with Gasteiger partial charge < -0.3 is 10.2 Å². The highest BCUT2D eigenvalue weighted by Crippen LogP contribution is 2.26. The quantitative estimate of drug-likeness (QED) is 0.388. The summed E-state index contributed by atoms with van der Waals surface area (Å²) in [6, 6.07) is 0. The van der Waals surface area contributed by atoms with E-state index in [4.69, 9.17) is 0 Å². The van der Waals surface area contributed by atoms with E-state index in [1.54, 1.807) is 0 Å². The Morgan fingerprint density at radius 3 is 1.85 bits per heavy atom. The molecule has 1 saturated heterocycles. The number of rotatable bonds is 5. The largest absolute Gasteiger partial charge is 0.380 e. The van der Waals surface area contributed by atoms with Crippen LogP contribution in [0, 0.1) is 29.1 Å². The summed E-state index contributed by atoms with van der Waals surface area (Å²) in [6.45, 7) is 2.86. The number of hydrogen-bond donors (Lipinski definition) is 1. The minimum Gasteiger partial charge on any atom is -0.380 e. The maximum Gasteiger partial charge on any atom is 0.200 e. The summed E-state index contributed by atoms with van der Waals surface area (Å²) in [4.78, 5) is 2.19. The van der Waals surface area contributed by atoms with E-state index in [9.17, 15) is 22.0 Å². The molecule has 0 aromatic heterocycles. The second kappa shape index (κ2) is 6.39. The molecule has 1 aliphatic heterocycles. The lowest BCUT2D eigenvalue weighted by molar-refractivity contribution is 0.337. The molecule has 1 fully saturated rings. The smallest absolute Gasteiger partial charge is 0.200 e. The van der Waals surface area contributed by atoms with E-state index in [0.717, 1.165) is 32.5 Å². The highest BCUT2D eigenvalue weighted by atomic mass is 19.2. The van der Waals surface area contributed by atoms with Crippen LogP contribution in [-0.4, -0.2) is 31.1 Å². The fourth-order valence-corrected chi connectivity index (χ4v) is 2.28. The van der Waals surface area contributed by atoms with E-state index < -0.39 is 34.8 Å². The predicted molar refractivity (Wildman–Crippen MR) is 65.0 cm³/mol. The Hall–Kier alpha value is -1.37. The lowest BCUT2D eigenvalue weighted by atomic mass is 10.2. The highest BCUT2D eigenvalue weighted by Gasteiger charge is 2.25. The van der Waals surface area contributed by atoms with Gasteiger partial charge in [-0.1, -0.05) is 0 Å². The van der Waals surface area contributed by atoms with Crippen molar-refractivity contribution in [2.75, 3.05) is 31.5 Å². The molecule has 2 rings (SSSR count). The highest BCUT2D eigenvalue weighted by molar-refractivity contribution is 5.47. The Kier molecular flexibility index (Phi) is 4.80. The Labute approximate surface area is 113 Å². The summed E-state index contributed by atoms with van der Waals surface area (Å²) in [6.07, 6.45) is 2.83. The number of hydrogen-bond acceptors (Lipinski definition) is 2. The molecule has 0 amide bonds. The molecule has 20 heavy (non-hydrogen) atoms. The van der Waals surface area contributed by atoms with Gasteiger partial charge >= 0.3 is 0 Å². The van der Waals surface area contributed by atoms with Crippen LogP contribution in [0.3, 0.4) is 0 Å². The minimum absolute atomic E-state index is 0.148. The van der Waals surface area contributed by atoms with Gasteiger partial charge in [0.2, 0.25) is 5.82 Å². The van der Waals surface area contributed by atoms with Crippen LogP contribution in [0.4, 0.5) is 27.6 Å². The van der Waals surface area contributed by atoms with E-state index in [1.807, 2.05) is 0 Å². The van der Waals surface area contributed by atoms with E-state index in [1.165, 1.54) is 0 Å². The Bertz CT molecular complexity index is 457. The standard InChI is InChI=1S/C13H15F5N2/c14-8-9(15)11(17)13(12(18)10(8)16)19-4-3-7-20-5-1-2-6-20/h19H,1-7H2. The normalized spacial score (nSPS) is 15.8. The first-order valence-corrected chi connectivity index (χ1v) is 6.50. The summed E-state index contributed by atoms with van der Waals surface area (Å²) in [7, 11) is 0. The van der Waals surface area contributed by atoms with Crippen LogP contribution in [0.15, 0.2) is 0 Å². The average Bonchev–Trinajstić information content (AvgIpc) is 2.95. The van der Waals surface area contributed by atoms with Gasteiger partial charge in [0, 0.05) is 6.54 Å². The van der Waals surface area contributed by atoms with Crippen LogP contribution in [0.25, 0.3) is 0 Å². The zero-order valence-corrected chi connectivity index (χ0v) is 10.8. The van der Waals surface area contributed by atoms with Gasteiger partial charge in [0.15, 0.2) is 23.3 Å². The van der Waals surface area contributed by atoms with Crippen molar-refractivity contribution in [1.29, 1.82) is 0 Å². The van der Waals surface area contributed by atoms with Crippen LogP contribution in [0.5, 0.6) is 0 Å². The third kappa shape index (κ3) is 3.03. The number of likely N-dealkylation sites (tertiary alicyclic amines) is 1. The van der Waals surface area contributed by atoms with Crippen molar-refractivity contribution in [2.45, 2.75) is 19.3 Å². The lowest BCUT2D eigenvalue weighted by Crippen LogP contribution is -2.22. The summed E-state index contributed by atoms with van der Waals surface area (Å²) in [5.74, 6) is -9.62. The van der Waals surface area contributed by atoms with E-state index in [-0.39, 0.29) is 6.54 Å². The number of anilines is 1. The van der Waals surface area contributed by atoms with E-state index >= 15 is 0 Å². The molecule has 1 aliphatic rings. The molecular weight excluding hydrogens is 279 g/mol. The molecule has 0 saturated carbocycles. The third-order valence-corrected chi connectivity index (χ3v) is 3.36. The van der Waals surface area contributed by atoms with Gasteiger partial charge in [-0.3, -0.25) is 0 Å². The van der Waals surface area contributed by atoms with Crippen molar-refractivity contribution in [3.8, 4) is 0 Å². The van der Waals surface area contributed by atoms with Crippen LogP contribution < -0.4 is 5.32 Å². The minimum atomic E-state index is -2.14. The van der Waals surface area contributed by atoms with Crippen LogP contribution in [0.2, 0.25) is 0 Å². The number of nitrogens with one attached hydrogen (secondary N) is 1. The first-order valence-electron chi connectivity index (χ1n) is 6.50. The monoisotopic (exact) mass is 294 g/mol. The van der Waals surface area contributed by atoms with Crippen molar-refractivity contribution in [3.05, 3.63) is 29.1 Å². The first kappa shape index (κ1) is 15.0. The zero-order valence-electron chi connectivity index (χ0n) is 10.8. The second-order valence-corrected chi connectivity index (χ2v) is 4.77. The molecule has 2 nitrogen and oxygen atoms in total.